The van der Waals surface area contributed by atoms with E-state index in [0.29, 0.717) is 42.7 Å². The molecule has 3 N–H and O–H groups in total. The fourth-order valence-electron chi connectivity index (χ4n) is 3.10. The molecule has 0 radical (unpaired) electrons. The van der Waals surface area contributed by atoms with E-state index in [1.807, 2.05) is 32.0 Å². The van der Waals surface area contributed by atoms with Crippen molar-refractivity contribution in [3.05, 3.63) is 34.3 Å². The monoisotopic (exact) mass is 433 g/mol. The van der Waals surface area contributed by atoms with Crippen LogP contribution in [0.4, 0.5) is 14.7 Å². The van der Waals surface area contributed by atoms with Crippen LogP contribution in [0.1, 0.15) is 30.0 Å². The Morgan fingerprint density at radius 1 is 1.23 bits per heavy atom. The topological polar surface area (TPSA) is 105 Å². The van der Waals surface area contributed by atoms with Crippen LogP contribution < -0.4 is 25.4 Å². The Kier molecular flexibility index (Phi) is 6.99. The molecule has 0 spiro atoms. The average Bonchev–Trinajstić information content (AvgIpc) is 3.12. The molecule has 10 heteroatoms. The van der Waals surface area contributed by atoms with E-state index in [1.165, 1.54) is 11.3 Å². The molecule has 3 rings (SSSR count). The molecule has 1 aromatic carbocycles. The van der Waals surface area contributed by atoms with Crippen LogP contribution in [0.2, 0.25) is 0 Å². The van der Waals surface area contributed by atoms with E-state index in [2.05, 4.69) is 20.9 Å². The van der Waals surface area contributed by atoms with E-state index in [9.17, 15) is 9.59 Å². The van der Waals surface area contributed by atoms with Gasteiger partial charge < -0.3 is 25.0 Å². The minimum absolute atomic E-state index is 0.0458. The number of rotatable bonds is 6. The predicted molar refractivity (Wildman–Crippen MR) is 115 cm³/mol. The smallest absolute Gasteiger partial charge is 0.321 e. The summed E-state index contributed by atoms with van der Waals surface area (Å²) in [5, 5.41) is 9.02. The summed E-state index contributed by atoms with van der Waals surface area (Å²) in [6.07, 6.45) is 0.656. The second-order valence-corrected chi connectivity index (χ2v) is 8.25. The number of nitrogens with one attached hydrogen (secondary N) is 3. The number of benzene rings is 1. The number of fused-ring (bicyclic) bond motifs is 1. The van der Waals surface area contributed by atoms with Gasteiger partial charge in [0.05, 0.1) is 26.5 Å². The highest BCUT2D eigenvalue weighted by molar-refractivity contribution is 7.15. The first-order valence-electron chi connectivity index (χ1n) is 9.69. The van der Waals surface area contributed by atoms with E-state index in [1.54, 1.807) is 19.1 Å². The van der Waals surface area contributed by atoms with Gasteiger partial charge in [0.1, 0.15) is 0 Å². The van der Waals surface area contributed by atoms with Gasteiger partial charge in [0.15, 0.2) is 16.6 Å². The number of aromatic nitrogens is 1. The van der Waals surface area contributed by atoms with Gasteiger partial charge >= 0.3 is 12.1 Å². The van der Waals surface area contributed by atoms with Gasteiger partial charge in [-0.05, 0) is 31.5 Å². The lowest BCUT2D eigenvalue weighted by molar-refractivity contribution is 0.192. The molecule has 0 fully saturated rings. The molecule has 0 saturated heterocycles. The lowest BCUT2D eigenvalue weighted by Crippen LogP contribution is -2.42. The molecule has 2 heterocycles. The van der Waals surface area contributed by atoms with Crippen LogP contribution in [0.5, 0.6) is 11.5 Å². The van der Waals surface area contributed by atoms with Crippen LogP contribution in [0.15, 0.2) is 18.2 Å². The maximum Gasteiger partial charge on any atom is 0.321 e. The largest absolute Gasteiger partial charge is 0.493 e. The minimum atomic E-state index is -0.277. The van der Waals surface area contributed by atoms with Gasteiger partial charge in [0, 0.05) is 30.4 Å². The van der Waals surface area contributed by atoms with Gasteiger partial charge in [0.2, 0.25) is 0 Å². The van der Waals surface area contributed by atoms with Crippen molar-refractivity contribution in [3.8, 4) is 11.5 Å². The molecule has 1 aliphatic heterocycles. The number of nitrogens with zero attached hydrogens (tertiary/aromatic N) is 2. The van der Waals surface area contributed by atoms with Crippen LogP contribution in [0.3, 0.4) is 0 Å². The number of urea groups is 2. The van der Waals surface area contributed by atoms with Crippen molar-refractivity contribution in [2.75, 3.05) is 26.1 Å². The average molecular weight is 434 g/mol. The molecule has 0 bridgehead atoms. The first kappa shape index (κ1) is 21.7. The van der Waals surface area contributed by atoms with Crippen LogP contribution in [0.25, 0.3) is 0 Å². The van der Waals surface area contributed by atoms with E-state index in [0.717, 1.165) is 16.1 Å². The predicted octanol–water partition coefficient (Wildman–Crippen LogP) is 2.96. The van der Waals surface area contributed by atoms with Crippen LogP contribution >= 0.6 is 11.3 Å². The minimum Gasteiger partial charge on any atom is -0.493 e. The van der Waals surface area contributed by atoms with Crippen LogP contribution in [0, 0.1) is 0 Å². The highest BCUT2D eigenvalue weighted by Crippen LogP contribution is 2.29. The molecule has 4 amide bonds. The van der Waals surface area contributed by atoms with Gasteiger partial charge in [0.25, 0.3) is 0 Å². The van der Waals surface area contributed by atoms with Gasteiger partial charge in [-0.3, -0.25) is 5.32 Å². The zero-order valence-electron chi connectivity index (χ0n) is 17.6. The first-order chi connectivity index (χ1) is 14.4. The van der Waals surface area contributed by atoms with Gasteiger partial charge in [-0.2, -0.15) is 0 Å². The summed E-state index contributed by atoms with van der Waals surface area (Å²) in [7, 11) is 3.16. The molecule has 0 saturated carbocycles. The quantitative estimate of drug-likeness (QED) is 0.650. The fraction of sp³-hybridized carbons (Fsp3) is 0.450. The van der Waals surface area contributed by atoms with Crippen molar-refractivity contribution >= 4 is 28.5 Å². The molecule has 1 aliphatic rings. The zero-order valence-corrected chi connectivity index (χ0v) is 18.4. The number of hydrogen-bond donors (Lipinski definition) is 3. The SMILES string of the molecule is COc1ccc(CNC(=O)N2CCc3nc(NC(=O)NC(C)C)sc3C2)cc1OC. The maximum absolute atomic E-state index is 12.6. The molecule has 1 aromatic heterocycles. The van der Waals surface area contributed by atoms with Crippen molar-refractivity contribution in [3.63, 3.8) is 0 Å². The van der Waals surface area contributed by atoms with Crippen molar-refractivity contribution in [1.82, 2.24) is 20.5 Å². The van der Waals surface area contributed by atoms with Gasteiger partial charge in [-0.15, -0.1) is 0 Å². The van der Waals surface area contributed by atoms with Crippen molar-refractivity contribution in [1.29, 1.82) is 0 Å². The molecule has 30 heavy (non-hydrogen) atoms. The normalized spacial score (nSPS) is 12.9. The molecule has 0 aliphatic carbocycles. The van der Waals surface area contributed by atoms with Gasteiger partial charge in [-0.25, -0.2) is 14.6 Å². The number of carbonyl (C=O) groups is 2. The second kappa shape index (κ2) is 9.66. The molecule has 162 valence electrons. The highest BCUT2D eigenvalue weighted by Gasteiger charge is 2.24. The van der Waals surface area contributed by atoms with Crippen molar-refractivity contribution < 1.29 is 19.1 Å². The summed E-state index contributed by atoms with van der Waals surface area (Å²) in [6, 6.07) is 5.17. The van der Waals surface area contributed by atoms with Crippen molar-refractivity contribution in [2.24, 2.45) is 0 Å². The third-order valence-corrected chi connectivity index (χ3v) is 5.55. The standard InChI is InChI=1S/C20H27N5O4S/c1-12(2)22-18(26)24-19-23-14-7-8-25(11-17(14)30-19)20(27)21-10-13-5-6-15(28-3)16(9-13)29-4/h5-6,9,12H,7-8,10-11H2,1-4H3,(H,21,27)(H2,22,23,24,26). The number of ether oxygens (including phenoxy) is 2. The van der Waals surface area contributed by atoms with Crippen molar-refractivity contribution in [2.45, 2.75) is 39.4 Å². The third kappa shape index (κ3) is 5.32. The molecule has 0 atom stereocenters. The summed E-state index contributed by atoms with van der Waals surface area (Å²) >= 11 is 1.40. The summed E-state index contributed by atoms with van der Waals surface area (Å²) < 4.78 is 10.5. The van der Waals surface area contributed by atoms with E-state index < -0.39 is 0 Å². The summed E-state index contributed by atoms with van der Waals surface area (Å²) in [4.78, 5) is 31.7. The maximum atomic E-state index is 12.6. The Labute approximate surface area is 179 Å². The molecular formula is C20H27N5O4S. The van der Waals surface area contributed by atoms with Gasteiger partial charge in [-0.1, -0.05) is 17.4 Å². The third-order valence-electron chi connectivity index (χ3n) is 4.55. The summed E-state index contributed by atoms with van der Waals surface area (Å²) in [5.74, 6) is 1.27. The number of anilines is 1. The lowest BCUT2D eigenvalue weighted by Gasteiger charge is -2.26. The highest BCUT2D eigenvalue weighted by atomic mass is 32.1. The Hall–Kier alpha value is -3.01. The number of amides is 4. The Balaban J connectivity index is 1.56. The zero-order chi connectivity index (χ0) is 21.7. The number of methoxy groups -OCH3 is 2. The number of carbonyl (C=O) groups excluding carboxylic acids is 2. The summed E-state index contributed by atoms with van der Waals surface area (Å²) in [5.41, 5.74) is 1.85. The van der Waals surface area contributed by atoms with E-state index in [-0.39, 0.29) is 18.1 Å². The number of hydrogen-bond acceptors (Lipinski definition) is 6. The lowest BCUT2D eigenvalue weighted by atomic mass is 10.2. The fourth-order valence-corrected chi connectivity index (χ4v) is 4.12. The number of thiazole rings is 1. The molecule has 9 nitrogen and oxygen atoms in total. The van der Waals surface area contributed by atoms with Crippen LogP contribution in [-0.4, -0.2) is 48.8 Å². The Morgan fingerprint density at radius 2 is 2.00 bits per heavy atom. The molecule has 2 aromatic rings. The molecule has 0 unspecified atom stereocenters. The summed E-state index contributed by atoms with van der Waals surface area (Å²) in [6.45, 7) is 5.22. The Bertz CT molecular complexity index is 915. The second-order valence-electron chi connectivity index (χ2n) is 7.16. The van der Waals surface area contributed by atoms with E-state index >= 15 is 0 Å². The Morgan fingerprint density at radius 3 is 2.70 bits per heavy atom. The van der Waals surface area contributed by atoms with E-state index in [4.69, 9.17) is 9.47 Å². The first-order valence-corrected chi connectivity index (χ1v) is 10.5. The van der Waals surface area contributed by atoms with Crippen LogP contribution in [-0.2, 0) is 19.5 Å². The molecular weight excluding hydrogens is 406 g/mol.